The van der Waals surface area contributed by atoms with Crippen molar-refractivity contribution >= 4 is 12.2 Å². The minimum Gasteiger partial charge on any atom is -0.497 e. The lowest BCUT2D eigenvalue weighted by Crippen LogP contribution is -3.12. The molecule has 3 rings (SSSR count). The standard InChI is InChI=1S/C16H21N3O3S/c1-20-13-8-12(9-14(10-13)21-2)15-17-19(16(23)22-15)11-18-6-4-3-5-7-18/h8-10H,3-7,11H2,1-2H3/p+1. The molecule has 1 aliphatic rings. The van der Waals surface area contributed by atoms with Crippen molar-refractivity contribution in [1.82, 2.24) is 9.78 Å². The first-order chi connectivity index (χ1) is 11.2. The van der Waals surface area contributed by atoms with Gasteiger partial charge in [-0.05, 0) is 43.6 Å². The van der Waals surface area contributed by atoms with Crippen LogP contribution in [0.4, 0.5) is 0 Å². The van der Waals surface area contributed by atoms with Gasteiger partial charge in [-0.3, -0.25) is 0 Å². The van der Waals surface area contributed by atoms with Gasteiger partial charge in [-0.25, -0.2) is 0 Å². The number of nitrogens with zero attached hydrogens (tertiary/aromatic N) is 2. The Hall–Kier alpha value is -1.86. The van der Waals surface area contributed by atoms with Crippen molar-refractivity contribution in [3.05, 3.63) is 23.0 Å². The van der Waals surface area contributed by atoms with Crippen LogP contribution in [0.1, 0.15) is 19.3 Å². The van der Waals surface area contributed by atoms with Gasteiger partial charge in [-0.1, -0.05) is 0 Å². The molecule has 0 atom stereocenters. The first kappa shape index (κ1) is 16.0. The van der Waals surface area contributed by atoms with Crippen molar-refractivity contribution in [2.75, 3.05) is 27.3 Å². The van der Waals surface area contributed by atoms with Crippen LogP contribution in [0.15, 0.2) is 22.6 Å². The molecule has 0 saturated carbocycles. The maximum absolute atomic E-state index is 5.68. The highest BCUT2D eigenvalue weighted by Crippen LogP contribution is 2.28. The van der Waals surface area contributed by atoms with Crippen molar-refractivity contribution in [2.45, 2.75) is 25.9 Å². The van der Waals surface area contributed by atoms with Crippen LogP contribution in [0.3, 0.4) is 0 Å². The van der Waals surface area contributed by atoms with Gasteiger partial charge >= 0.3 is 0 Å². The third-order valence-corrected chi connectivity index (χ3v) is 4.43. The SMILES string of the molecule is COc1cc(OC)cc(-c2nn(C[NH+]3CCCCC3)c(=S)o2)c1. The Morgan fingerprint density at radius 1 is 1.13 bits per heavy atom. The van der Waals surface area contributed by atoms with Gasteiger partial charge in [0, 0.05) is 11.6 Å². The fourth-order valence-electron chi connectivity index (χ4n) is 2.88. The third-order valence-electron chi connectivity index (χ3n) is 4.14. The van der Waals surface area contributed by atoms with E-state index in [1.54, 1.807) is 18.9 Å². The molecule has 2 heterocycles. The molecule has 23 heavy (non-hydrogen) atoms. The van der Waals surface area contributed by atoms with Gasteiger partial charge in [0.05, 0.1) is 27.3 Å². The molecule has 0 unspecified atom stereocenters. The summed E-state index contributed by atoms with van der Waals surface area (Å²) in [7, 11) is 3.24. The Morgan fingerprint density at radius 2 is 1.78 bits per heavy atom. The van der Waals surface area contributed by atoms with Crippen molar-refractivity contribution < 1.29 is 18.8 Å². The quantitative estimate of drug-likeness (QED) is 0.846. The minimum atomic E-state index is 0.403. The van der Waals surface area contributed by atoms with Crippen molar-refractivity contribution in [1.29, 1.82) is 0 Å². The maximum atomic E-state index is 5.68. The number of hydrogen-bond donors (Lipinski definition) is 1. The molecule has 124 valence electrons. The van der Waals surface area contributed by atoms with Gasteiger partial charge in [0.1, 0.15) is 11.5 Å². The van der Waals surface area contributed by atoms with E-state index in [2.05, 4.69) is 5.10 Å². The molecule has 6 nitrogen and oxygen atoms in total. The van der Waals surface area contributed by atoms with E-state index in [9.17, 15) is 0 Å². The molecule has 1 saturated heterocycles. The number of ether oxygens (including phenoxy) is 2. The molecular formula is C16H22N3O3S+. The number of rotatable bonds is 5. The minimum absolute atomic E-state index is 0.403. The van der Waals surface area contributed by atoms with Crippen LogP contribution in [-0.4, -0.2) is 37.1 Å². The second-order valence-corrected chi connectivity index (χ2v) is 6.09. The average Bonchev–Trinajstić information content (AvgIpc) is 2.96. The zero-order chi connectivity index (χ0) is 16.2. The lowest BCUT2D eigenvalue weighted by molar-refractivity contribution is -0.928. The van der Waals surface area contributed by atoms with E-state index in [0.29, 0.717) is 22.2 Å². The Balaban J connectivity index is 1.86. The lowest BCUT2D eigenvalue weighted by atomic mass is 10.1. The molecule has 1 fully saturated rings. The number of methoxy groups -OCH3 is 2. The first-order valence-electron chi connectivity index (χ1n) is 7.84. The predicted octanol–water partition coefficient (Wildman–Crippen LogP) is 1.92. The Labute approximate surface area is 140 Å². The number of benzene rings is 1. The molecule has 2 aromatic rings. The van der Waals surface area contributed by atoms with Crippen LogP contribution in [0, 0.1) is 4.84 Å². The number of nitrogens with one attached hydrogen (secondary N) is 1. The smallest absolute Gasteiger partial charge is 0.292 e. The van der Waals surface area contributed by atoms with E-state index < -0.39 is 0 Å². The summed E-state index contributed by atoms with van der Waals surface area (Å²) in [6.07, 6.45) is 3.85. The fourth-order valence-corrected chi connectivity index (χ4v) is 3.06. The summed E-state index contributed by atoms with van der Waals surface area (Å²) in [5.74, 6) is 1.87. The first-order valence-corrected chi connectivity index (χ1v) is 8.25. The summed E-state index contributed by atoms with van der Waals surface area (Å²) in [5, 5.41) is 4.54. The Kier molecular flexibility index (Phi) is 4.97. The highest BCUT2D eigenvalue weighted by Gasteiger charge is 2.17. The summed E-state index contributed by atoms with van der Waals surface area (Å²) >= 11 is 5.32. The van der Waals surface area contributed by atoms with Gasteiger partial charge in [0.25, 0.3) is 4.84 Å². The second-order valence-electron chi connectivity index (χ2n) is 5.74. The van der Waals surface area contributed by atoms with Gasteiger partial charge in [0.2, 0.25) is 5.89 Å². The van der Waals surface area contributed by atoms with Crippen LogP contribution in [0.2, 0.25) is 0 Å². The Bertz CT molecular complexity index is 697. The van der Waals surface area contributed by atoms with Crippen LogP contribution >= 0.6 is 12.2 Å². The molecule has 0 radical (unpaired) electrons. The molecule has 1 aliphatic heterocycles. The van der Waals surface area contributed by atoms with E-state index in [1.165, 1.54) is 24.2 Å². The van der Waals surface area contributed by atoms with Gasteiger partial charge in [-0.2, -0.15) is 4.68 Å². The van der Waals surface area contributed by atoms with Crippen molar-refractivity contribution in [3.63, 3.8) is 0 Å². The molecule has 7 heteroatoms. The number of piperidine rings is 1. The van der Waals surface area contributed by atoms with Crippen molar-refractivity contribution in [3.8, 4) is 23.0 Å². The van der Waals surface area contributed by atoms with Crippen LogP contribution in [0.5, 0.6) is 11.5 Å². The summed E-state index contributed by atoms with van der Waals surface area (Å²) in [4.78, 5) is 1.90. The molecule has 1 aromatic carbocycles. The average molecular weight is 336 g/mol. The largest absolute Gasteiger partial charge is 0.497 e. The maximum Gasteiger partial charge on any atom is 0.292 e. The van der Waals surface area contributed by atoms with E-state index >= 15 is 0 Å². The highest BCUT2D eigenvalue weighted by atomic mass is 32.1. The van der Waals surface area contributed by atoms with Crippen LogP contribution in [0.25, 0.3) is 11.5 Å². The number of quaternary nitrogens is 1. The van der Waals surface area contributed by atoms with Gasteiger partial charge < -0.3 is 18.8 Å². The molecule has 1 N–H and O–H groups in total. The molecule has 0 spiro atoms. The molecule has 0 bridgehead atoms. The Morgan fingerprint density at radius 3 is 2.39 bits per heavy atom. The zero-order valence-corrected chi connectivity index (χ0v) is 14.3. The third kappa shape index (κ3) is 3.73. The zero-order valence-electron chi connectivity index (χ0n) is 13.5. The summed E-state index contributed by atoms with van der Waals surface area (Å²) < 4.78 is 18.0. The number of hydrogen-bond acceptors (Lipinski definition) is 5. The summed E-state index contributed by atoms with van der Waals surface area (Å²) in [6.45, 7) is 3.08. The lowest BCUT2D eigenvalue weighted by Gasteiger charge is -2.22. The summed E-state index contributed by atoms with van der Waals surface area (Å²) in [5.41, 5.74) is 0.791. The van der Waals surface area contributed by atoms with E-state index in [1.807, 2.05) is 18.2 Å². The fraction of sp³-hybridized carbons (Fsp3) is 0.500. The molecule has 0 aliphatic carbocycles. The van der Waals surface area contributed by atoms with Gasteiger partial charge in [-0.15, -0.1) is 5.10 Å². The topological polar surface area (TPSA) is 53.9 Å². The molecular weight excluding hydrogens is 314 g/mol. The second kappa shape index (κ2) is 7.14. The van der Waals surface area contributed by atoms with Gasteiger partial charge in [0.15, 0.2) is 6.67 Å². The van der Waals surface area contributed by atoms with Crippen LogP contribution in [-0.2, 0) is 6.67 Å². The highest BCUT2D eigenvalue weighted by molar-refractivity contribution is 7.71. The van der Waals surface area contributed by atoms with Crippen LogP contribution < -0.4 is 14.4 Å². The van der Waals surface area contributed by atoms with E-state index in [4.69, 9.17) is 26.1 Å². The van der Waals surface area contributed by atoms with E-state index in [-0.39, 0.29) is 0 Å². The molecule has 1 aromatic heterocycles. The summed E-state index contributed by atoms with van der Waals surface area (Å²) in [6, 6.07) is 5.54. The number of likely N-dealkylation sites (tertiary alicyclic amines) is 1. The normalized spacial score (nSPS) is 15.6. The van der Waals surface area contributed by atoms with Crippen molar-refractivity contribution in [2.24, 2.45) is 0 Å². The number of aromatic nitrogens is 2. The monoisotopic (exact) mass is 336 g/mol. The molecule has 0 amide bonds. The predicted molar refractivity (Wildman–Crippen MR) is 88.4 cm³/mol. The van der Waals surface area contributed by atoms with E-state index in [0.717, 1.165) is 25.3 Å².